The van der Waals surface area contributed by atoms with Crippen LogP contribution in [0.4, 0.5) is 0 Å². The van der Waals surface area contributed by atoms with E-state index in [1.807, 2.05) is 0 Å². The van der Waals surface area contributed by atoms with Gasteiger partial charge in [0.1, 0.15) is 11.4 Å². The number of carbonyl (C=O) groups is 1. The van der Waals surface area contributed by atoms with Crippen LogP contribution in [0.3, 0.4) is 0 Å². The number of ether oxygens (including phenoxy) is 1. The molecule has 2 heterocycles. The van der Waals surface area contributed by atoms with Crippen LogP contribution in [0.5, 0.6) is 0 Å². The van der Waals surface area contributed by atoms with Crippen LogP contribution in [0.2, 0.25) is 0 Å². The smallest absolute Gasteiger partial charge is 0.373 e. The molecule has 1 saturated heterocycles. The van der Waals surface area contributed by atoms with Crippen LogP contribution in [-0.2, 0) is 10.3 Å². The second-order valence-corrected chi connectivity index (χ2v) is 5.14. The number of likely N-dealkylation sites (tertiary alicyclic amines) is 1. The maximum atomic E-state index is 11.3. The molecule has 0 bridgehead atoms. The molecule has 98 valence electrons. The lowest BCUT2D eigenvalue weighted by Crippen LogP contribution is -2.31. The molecular formula is C13H17NO4. The van der Waals surface area contributed by atoms with Crippen molar-refractivity contribution >= 4 is 5.97 Å². The Hall–Kier alpha value is -1.33. The number of carbonyl (C=O) groups excluding carboxylic acids is 1. The van der Waals surface area contributed by atoms with Gasteiger partial charge in [-0.15, -0.1) is 0 Å². The van der Waals surface area contributed by atoms with Crippen molar-refractivity contribution in [1.82, 2.24) is 4.90 Å². The van der Waals surface area contributed by atoms with Crippen LogP contribution in [0.15, 0.2) is 16.5 Å². The first-order valence-corrected chi connectivity index (χ1v) is 6.27. The van der Waals surface area contributed by atoms with E-state index in [9.17, 15) is 9.90 Å². The van der Waals surface area contributed by atoms with Crippen LogP contribution < -0.4 is 0 Å². The Morgan fingerprint density at radius 2 is 2.33 bits per heavy atom. The first-order chi connectivity index (χ1) is 8.62. The fourth-order valence-corrected chi connectivity index (χ4v) is 2.57. The summed E-state index contributed by atoms with van der Waals surface area (Å²) in [6, 6.07) is 3.86. The lowest BCUT2D eigenvalue weighted by molar-refractivity contribution is 0.0209. The van der Waals surface area contributed by atoms with Crippen molar-refractivity contribution in [3.05, 3.63) is 23.7 Å². The Morgan fingerprint density at radius 1 is 1.56 bits per heavy atom. The molecule has 18 heavy (non-hydrogen) atoms. The maximum absolute atomic E-state index is 11.3. The van der Waals surface area contributed by atoms with Crippen molar-refractivity contribution in [2.45, 2.75) is 30.9 Å². The Balaban J connectivity index is 1.77. The first kappa shape index (κ1) is 11.7. The molecule has 5 heteroatoms. The first-order valence-electron chi connectivity index (χ1n) is 6.27. The number of β-amino-alcohol motifs (C(OH)–C–C–N with tert-alkyl or cyclic N) is 1. The number of hydrogen-bond donors (Lipinski definition) is 1. The average Bonchev–Trinajstić information content (AvgIpc) is 2.95. The summed E-state index contributed by atoms with van der Waals surface area (Å²) in [5, 5.41) is 10.6. The highest BCUT2D eigenvalue weighted by atomic mass is 16.5. The van der Waals surface area contributed by atoms with E-state index in [1.165, 1.54) is 20.0 Å². The van der Waals surface area contributed by atoms with Gasteiger partial charge in [0.25, 0.3) is 0 Å². The summed E-state index contributed by atoms with van der Waals surface area (Å²) in [6.45, 7) is 1.47. The monoisotopic (exact) mass is 251 g/mol. The number of esters is 1. The summed E-state index contributed by atoms with van der Waals surface area (Å²) < 4.78 is 10.0. The van der Waals surface area contributed by atoms with Crippen LogP contribution in [0.25, 0.3) is 0 Å². The van der Waals surface area contributed by atoms with E-state index in [4.69, 9.17) is 4.42 Å². The normalized spacial score (nSPS) is 28.6. The zero-order valence-electron chi connectivity index (χ0n) is 10.4. The summed E-state index contributed by atoms with van der Waals surface area (Å²) in [5.41, 5.74) is -0.963. The molecule has 0 amide bonds. The van der Waals surface area contributed by atoms with Gasteiger partial charge in [-0.25, -0.2) is 4.79 Å². The van der Waals surface area contributed by atoms with E-state index in [0.717, 1.165) is 6.54 Å². The quantitative estimate of drug-likeness (QED) is 0.816. The number of nitrogens with zero attached hydrogens (tertiary/aromatic N) is 1. The molecule has 3 rings (SSSR count). The van der Waals surface area contributed by atoms with Crippen LogP contribution in [0, 0.1) is 0 Å². The van der Waals surface area contributed by atoms with Crippen molar-refractivity contribution < 1.29 is 19.1 Å². The predicted molar refractivity (Wildman–Crippen MR) is 63.2 cm³/mol. The highest BCUT2D eigenvalue weighted by Gasteiger charge is 2.45. The Bertz CT molecular complexity index is 465. The van der Waals surface area contributed by atoms with Crippen LogP contribution >= 0.6 is 0 Å². The fraction of sp³-hybridized carbons (Fsp3) is 0.615. The third-order valence-corrected chi connectivity index (χ3v) is 3.79. The summed E-state index contributed by atoms with van der Waals surface area (Å²) in [4.78, 5) is 13.6. The van der Waals surface area contributed by atoms with Gasteiger partial charge in [-0.05, 0) is 31.4 Å². The van der Waals surface area contributed by atoms with E-state index < -0.39 is 11.6 Å². The van der Waals surface area contributed by atoms with E-state index in [2.05, 4.69) is 9.64 Å². The molecule has 0 radical (unpaired) electrons. The van der Waals surface area contributed by atoms with Gasteiger partial charge in [-0.3, -0.25) is 4.90 Å². The van der Waals surface area contributed by atoms with Crippen LogP contribution in [-0.4, -0.2) is 42.2 Å². The van der Waals surface area contributed by atoms with Crippen LogP contribution in [0.1, 0.15) is 35.6 Å². The second kappa shape index (κ2) is 4.10. The highest BCUT2D eigenvalue weighted by Crippen LogP contribution is 2.38. The van der Waals surface area contributed by atoms with Gasteiger partial charge in [-0.2, -0.15) is 0 Å². The molecule has 1 aromatic heterocycles. The van der Waals surface area contributed by atoms with Gasteiger partial charge >= 0.3 is 5.97 Å². The molecule has 1 atom stereocenters. The van der Waals surface area contributed by atoms with Gasteiger partial charge < -0.3 is 14.3 Å². The Morgan fingerprint density at radius 3 is 3.00 bits per heavy atom. The minimum Gasteiger partial charge on any atom is -0.463 e. The molecule has 1 aliphatic carbocycles. The van der Waals surface area contributed by atoms with E-state index in [1.54, 1.807) is 12.1 Å². The van der Waals surface area contributed by atoms with Crippen molar-refractivity contribution in [1.29, 1.82) is 0 Å². The molecule has 2 aliphatic rings. The molecule has 0 aromatic carbocycles. The summed E-state index contributed by atoms with van der Waals surface area (Å²) in [7, 11) is 1.31. The molecule has 1 aliphatic heterocycles. The third kappa shape index (κ3) is 1.93. The second-order valence-electron chi connectivity index (χ2n) is 5.14. The maximum Gasteiger partial charge on any atom is 0.373 e. The molecular weight excluding hydrogens is 234 g/mol. The van der Waals surface area contributed by atoms with Crippen molar-refractivity contribution in [2.75, 3.05) is 20.2 Å². The topological polar surface area (TPSA) is 62.9 Å². The van der Waals surface area contributed by atoms with Gasteiger partial charge in [-0.1, -0.05) is 0 Å². The number of rotatable bonds is 3. The summed E-state index contributed by atoms with van der Waals surface area (Å²) >= 11 is 0. The van der Waals surface area contributed by atoms with E-state index in [-0.39, 0.29) is 5.76 Å². The lowest BCUT2D eigenvalue weighted by Gasteiger charge is -2.21. The molecule has 0 spiro atoms. The number of aliphatic hydroxyl groups is 1. The van der Waals surface area contributed by atoms with Gasteiger partial charge in [0.2, 0.25) is 5.76 Å². The number of methoxy groups -OCH3 is 1. The standard InChI is InChI=1S/C13H17NO4/c1-17-12(15)10-4-5-11(18-10)13(16)6-7-14(8-13)9-2-3-9/h4-5,9,16H,2-3,6-8H2,1H3. The van der Waals surface area contributed by atoms with Crippen molar-refractivity contribution in [3.63, 3.8) is 0 Å². The van der Waals surface area contributed by atoms with Gasteiger partial charge in [0, 0.05) is 19.1 Å². The molecule has 1 saturated carbocycles. The fourth-order valence-electron chi connectivity index (χ4n) is 2.57. The number of hydrogen-bond acceptors (Lipinski definition) is 5. The van der Waals surface area contributed by atoms with E-state index in [0.29, 0.717) is 24.8 Å². The average molecular weight is 251 g/mol. The molecule has 1 unspecified atom stereocenters. The SMILES string of the molecule is COC(=O)c1ccc(C2(O)CCN(C3CC3)C2)o1. The zero-order chi connectivity index (χ0) is 12.8. The zero-order valence-corrected chi connectivity index (χ0v) is 10.4. The predicted octanol–water partition coefficient (Wildman–Crippen LogP) is 1.12. The molecule has 1 N–H and O–H groups in total. The largest absolute Gasteiger partial charge is 0.463 e. The summed E-state index contributed by atoms with van der Waals surface area (Å²) in [6.07, 6.45) is 3.10. The minimum atomic E-state index is -0.963. The molecule has 2 fully saturated rings. The van der Waals surface area contributed by atoms with Gasteiger partial charge in [0.15, 0.2) is 0 Å². The highest BCUT2D eigenvalue weighted by molar-refractivity contribution is 5.86. The lowest BCUT2D eigenvalue weighted by atomic mass is 10.0. The van der Waals surface area contributed by atoms with E-state index >= 15 is 0 Å². The van der Waals surface area contributed by atoms with Crippen molar-refractivity contribution in [2.24, 2.45) is 0 Å². The van der Waals surface area contributed by atoms with Gasteiger partial charge in [0.05, 0.1) is 7.11 Å². The number of furan rings is 1. The minimum absolute atomic E-state index is 0.144. The molecule has 1 aromatic rings. The third-order valence-electron chi connectivity index (χ3n) is 3.79. The Labute approximate surface area is 105 Å². The van der Waals surface area contributed by atoms with Crippen molar-refractivity contribution in [3.8, 4) is 0 Å². The summed E-state index contributed by atoms with van der Waals surface area (Å²) in [5.74, 6) is 0.0961. The molecule has 5 nitrogen and oxygen atoms in total. The Kier molecular flexibility index (Phi) is 2.68.